The van der Waals surface area contributed by atoms with Crippen molar-refractivity contribution in [1.29, 1.82) is 0 Å². The number of nitrogens with zero attached hydrogens (tertiary/aromatic N) is 2. The van der Waals surface area contributed by atoms with Crippen molar-refractivity contribution in [3.8, 4) is 0 Å². The summed E-state index contributed by atoms with van der Waals surface area (Å²) in [4.78, 5) is 20.2. The van der Waals surface area contributed by atoms with Gasteiger partial charge < -0.3 is 10.6 Å². The van der Waals surface area contributed by atoms with Crippen LogP contribution in [0.4, 0.5) is 0 Å². The molecule has 0 unspecified atom stereocenters. The van der Waals surface area contributed by atoms with Gasteiger partial charge in [0.15, 0.2) is 0 Å². The van der Waals surface area contributed by atoms with Gasteiger partial charge in [0.1, 0.15) is 5.82 Å². The Kier molecular flexibility index (Phi) is 5.92. The van der Waals surface area contributed by atoms with E-state index < -0.39 is 0 Å². The maximum absolute atomic E-state index is 11.9. The van der Waals surface area contributed by atoms with E-state index in [1.165, 1.54) is 25.7 Å². The van der Waals surface area contributed by atoms with Crippen LogP contribution in [0.2, 0.25) is 0 Å². The molecule has 0 atom stereocenters. The highest BCUT2D eigenvalue weighted by Crippen LogP contribution is 2.16. The molecular weight excluding hydrogens is 252 g/mol. The van der Waals surface area contributed by atoms with E-state index in [4.69, 9.17) is 0 Å². The Balaban J connectivity index is 1.67. The molecule has 20 heavy (non-hydrogen) atoms. The zero-order chi connectivity index (χ0) is 14.2. The predicted molar refractivity (Wildman–Crippen MR) is 78.1 cm³/mol. The minimum absolute atomic E-state index is 0.0858. The van der Waals surface area contributed by atoms with E-state index in [-0.39, 0.29) is 5.91 Å². The summed E-state index contributed by atoms with van der Waals surface area (Å²) in [5.74, 6) is 0.842. The zero-order valence-corrected chi connectivity index (χ0v) is 12.2. The van der Waals surface area contributed by atoms with Gasteiger partial charge in [-0.2, -0.15) is 0 Å². The molecule has 110 valence electrons. The van der Waals surface area contributed by atoms with Gasteiger partial charge in [-0.15, -0.1) is 0 Å². The number of carbonyl (C=O) groups excluding carboxylic acids is 1. The summed E-state index contributed by atoms with van der Waals surface area (Å²) in [7, 11) is 0. The molecule has 1 aromatic rings. The van der Waals surface area contributed by atoms with E-state index in [0.29, 0.717) is 19.1 Å². The normalized spacial score (nSPS) is 16.6. The van der Waals surface area contributed by atoms with E-state index in [1.54, 1.807) is 6.20 Å². The smallest absolute Gasteiger partial charge is 0.234 e. The van der Waals surface area contributed by atoms with Crippen molar-refractivity contribution in [2.24, 2.45) is 0 Å². The third-order valence-corrected chi connectivity index (χ3v) is 3.65. The molecule has 1 aliphatic carbocycles. The molecule has 0 saturated heterocycles. The van der Waals surface area contributed by atoms with Crippen LogP contribution >= 0.6 is 0 Å². The number of amides is 1. The van der Waals surface area contributed by atoms with Crippen molar-refractivity contribution in [2.75, 3.05) is 6.54 Å². The fourth-order valence-electron chi connectivity index (χ4n) is 2.61. The van der Waals surface area contributed by atoms with Crippen molar-refractivity contribution in [3.05, 3.63) is 23.8 Å². The highest BCUT2D eigenvalue weighted by Gasteiger charge is 2.14. The van der Waals surface area contributed by atoms with Gasteiger partial charge in [-0.05, 0) is 25.8 Å². The molecule has 1 amide bonds. The van der Waals surface area contributed by atoms with Gasteiger partial charge in [-0.1, -0.05) is 25.7 Å². The van der Waals surface area contributed by atoms with Crippen LogP contribution in [0.5, 0.6) is 0 Å². The molecule has 0 aromatic carbocycles. The van der Waals surface area contributed by atoms with Crippen molar-refractivity contribution < 1.29 is 4.79 Å². The Morgan fingerprint density at radius 2 is 2.05 bits per heavy atom. The first-order valence-corrected chi connectivity index (χ1v) is 7.52. The second-order valence-electron chi connectivity index (χ2n) is 5.45. The first kappa shape index (κ1) is 14.9. The fourth-order valence-corrected chi connectivity index (χ4v) is 2.61. The first-order chi connectivity index (χ1) is 9.74. The number of rotatable bonds is 5. The number of hydrogen-bond acceptors (Lipinski definition) is 4. The molecule has 5 heteroatoms. The lowest BCUT2D eigenvalue weighted by molar-refractivity contribution is -0.121. The molecule has 1 fully saturated rings. The highest BCUT2D eigenvalue weighted by atomic mass is 16.1. The number of aryl methyl sites for hydroxylation is 1. The van der Waals surface area contributed by atoms with Crippen molar-refractivity contribution in [3.63, 3.8) is 0 Å². The summed E-state index contributed by atoms with van der Waals surface area (Å²) >= 11 is 0. The van der Waals surface area contributed by atoms with E-state index in [9.17, 15) is 4.79 Å². The zero-order valence-electron chi connectivity index (χ0n) is 12.2. The monoisotopic (exact) mass is 276 g/mol. The third kappa shape index (κ3) is 5.25. The molecule has 0 bridgehead atoms. The topological polar surface area (TPSA) is 66.9 Å². The average molecular weight is 276 g/mol. The lowest BCUT2D eigenvalue weighted by Gasteiger charge is -2.16. The maximum Gasteiger partial charge on any atom is 0.234 e. The van der Waals surface area contributed by atoms with Crippen LogP contribution in [-0.2, 0) is 11.3 Å². The van der Waals surface area contributed by atoms with Crippen LogP contribution < -0.4 is 10.6 Å². The van der Waals surface area contributed by atoms with Crippen molar-refractivity contribution in [1.82, 2.24) is 20.6 Å². The molecule has 0 radical (unpaired) electrons. The number of nitrogens with one attached hydrogen (secondary N) is 2. The van der Waals surface area contributed by atoms with E-state index in [2.05, 4.69) is 20.6 Å². The Bertz CT molecular complexity index is 428. The molecule has 0 aliphatic heterocycles. The Morgan fingerprint density at radius 3 is 2.75 bits per heavy atom. The molecule has 2 rings (SSSR count). The summed E-state index contributed by atoms with van der Waals surface area (Å²) in [6.07, 6.45) is 9.06. The molecule has 0 spiro atoms. The second-order valence-corrected chi connectivity index (χ2v) is 5.45. The summed E-state index contributed by atoms with van der Waals surface area (Å²) < 4.78 is 0. The summed E-state index contributed by atoms with van der Waals surface area (Å²) in [6.45, 7) is 2.81. The molecule has 5 nitrogen and oxygen atoms in total. The van der Waals surface area contributed by atoms with E-state index >= 15 is 0 Å². The van der Waals surface area contributed by atoms with Crippen LogP contribution in [0.3, 0.4) is 0 Å². The standard InChI is InChI=1S/C15H24N4O/c1-12-17-9-8-14(18-12)10-16-11-15(20)19-13-6-4-2-3-5-7-13/h8-9,13,16H,2-7,10-11H2,1H3,(H,19,20). The molecule has 1 aromatic heterocycles. The van der Waals surface area contributed by atoms with Gasteiger partial charge >= 0.3 is 0 Å². The van der Waals surface area contributed by atoms with Gasteiger partial charge in [0, 0.05) is 18.8 Å². The number of aromatic nitrogens is 2. The molecule has 1 heterocycles. The van der Waals surface area contributed by atoms with Crippen LogP contribution in [-0.4, -0.2) is 28.5 Å². The fraction of sp³-hybridized carbons (Fsp3) is 0.667. The molecule has 1 saturated carbocycles. The van der Waals surface area contributed by atoms with Gasteiger partial charge in [-0.3, -0.25) is 4.79 Å². The summed E-state index contributed by atoms with van der Waals surface area (Å²) in [5.41, 5.74) is 0.916. The summed E-state index contributed by atoms with van der Waals surface area (Å²) in [5, 5.41) is 6.25. The highest BCUT2D eigenvalue weighted by molar-refractivity contribution is 5.78. The largest absolute Gasteiger partial charge is 0.352 e. The molecule has 2 N–H and O–H groups in total. The predicted octanol–water partition coefficient (Wildman–Crippen LogP) is 1.71. The minimum atomic E-state index is 0.0858. The lowest BCUT2D eigenvalue weighted by Crippen LogP contribution is -2.40. The third-order valence-electron chi connectivity index (χ3n) is 3.65. The van der Waals surface area contributed by atoms with E-state index in [0.717, 1.165) is 24.4 Å². The molecular formula is C15H24N4O. The number of carbonyl (C=O) groups is 1. The minimum Gasteiger partial charge on any atom is -0.352 e. The van der Waals surface area contributed by atoms with Crippen molar-refractivity contribution >= 4 is 5.91 Å². The Labute approximate surface area is 120 Å². The number of hydrogen-bond donors (Lipinski definition) is 2. The van der Waals surface area contributed by atoms with Crippen LogP contribution in [0.1, 0.15) is 50.0 Å². The Morgan fingerprint density at radius 1 is 1.30 bits per heavy atom. The van der Waals surface area contributed by atoms with Gasteiger partial charge in [0.05, 0.1) is 12.2 Å². The van der Waals surface area contributed by atoms with E-state index in [1.807, 2.05) is 13.0 Å². The SMILES string of the molecule is Cc1nccc(CNCC(=O)NC2CCCCCC2)n1. The quantitative estimate of drug-likeness (QED) is 0.804. The maximum atomic E-state index is 11.9. The second kappa shape index (κ2) is 7.94. The van der Waals surface area contributed by atoms with Crippen molar-refractivity contribution in [2.45, 2.75) is 58.0 Å². The Hall–Kier alpha value is -1.49. The van der Waals surface area contributed by atoms with Crippen LogP contribution in [0.15, 0.2) is 12.3 Å². The average Bonchev–Trinajstić information content (AvgIpc) is 2.67. The van der Waals surface area contributed by atoms with Crippen LogP contribution in [0, 0.1) is 6.92 Å². The van der Waals surface area contributed by atoms with Gasteiger partial charge in [0.25, 0.3) is 0 Å². The summed E-state index contributed by atoms with van der Waals surface area (Å²) in [6, 6.07) is 2.23. The molecule has 1 aliphatic rings. The lowest BCUT2D eigenvalue weighted by atomic mass is 10.1. The van der Waals surface area contributed by atoms with Gasteiger partial charge in [0.2, 0.25) is 5.91 Å². The first-order valence-electron chi connectivity index (χ1n) is 7.52. The van der Waals surface area contributed by atoms with Gasteiger partial charge in [-0.25, -0.2) is 9.97 Å². The van der Waals surface area contributed by atoms with Crippen LogP contribution in [0.25, 0.3) is 0 Å².